The van der Waals surface area contributed by atoms with Gasteiger partial charge in [0, 0.05) is 10.8 Å². The van der Waals surface area contributed by atoms with Crippen molar-refractivity contribution in [3.8, 4) is 0 Å². The molecule has 0 N–H and O–H groups in total. The van der Waals surface area contributed by atoms with Gasteiger partial charge in [-0.1, -0.05) is 105 Å². The molecule has 2 rings (SSSR count). The van der Waals surface area contributed by atoms with Crippen molar-refractivity contribution in [3.05, 3.63) is 52.9 Å². The van der Waals surface area contributed by atoms with Crippen molar-refractivity contribution in [2.45, 2.75) is 89.0 Å². The lowest BCUT2D eigenvalue weighted by Crippen LogP contribution is -1.98. The van der Waals surface area contributed by atoms with E-state index in [-0.39, 0.29) is 0 Å². The van der Waals surface area contributed by atoms with Gasteiger partial charge < -0.3 is 0 Å². The Labute approximate surface area is 172 Å². The zero-order chi connectivity index (χ0) is 22.0. The van der Waals surface area contributed by atoms with E-state index >= 15 is 0 Å². The molecular weight excluding hydrogens is 350 g/mol. The van der Waals surface area contributed by atoms with Gasteiger partial charge in [-0.25, -0.2) is 9.50 Å². The summed E-state index contributed by atoms with van der Waals surface area (Å²) >= 11 is 1.71. The summed E-state index contributed by atoms with van der Waals surface area (Å²) in [6.45, 7) is 28.1. The summed E-state index contributed by atoms with van der Waals surface area (Å²) in [4.78, 5) is 6.72. The van der Waals surface area contributed by atoms with E-state index in [4.69, 9.17) is 0 Å². The first kappa shape index (κ1) is 30.1. The van der Waals surface area contributed by atoms with Gasteiger partial charge in [0.2, 0.25) is 4.96 Å². The van der Waals surface area contributed by atoms with Gasteiger partial charge in [-0.3, -0.25) is 0 Å². The summed E-state index contributed by atoms with van der Waals surface area (Å²) in [5.41, 5.74) is 2.43. The minimum Gasteiger partial charge on any atom is -0.208 e. The SMILES string of the molecule is C=C/C=C(\C=C/C)C(C)c1sc2nc(C)nn2c1C.CC.CC.CC.CC. The lowest BCUT2D eigenvalue weighted by Gasteiger charge is -2.11. The van der Waals surface area contributed by atoms with Gasteiger partial charge in [0.25, 0.3) is 0 Å². The molecule has 0 spiro atoms. The van der Waals surface area contributed by atoms with E-state index in [2.05, 4.69) is 48.7 Å². The predicted octanol–water partition coefficient (Wildman–Crippen LogP) is 8.30. The minimum absolute atomic E-state index is 0.322. The molecule has 0 fully saturated rings. The molecule has 156 valence electrons. The molecule has 0 aliphatic carbocycles. The lowest BCUT2D eigenvalue weighted by molar-refractivity contribution is 0.859. The molecule has 2 aromatic rings. The minimum atomic E-state index is 0.322. The number of aryl methyl sites for hydroxylation is 2. The van der Waals surface area contributed by atoms with E-state index in [1.807, 2.05) is 79.8 Å². The molecule has 2 aromatic heterocycles. The Morgan fingerprint density at radius 3 is 1.96 bits per heavy atom. The van der Waals surface area contributed by atoms with Gasteiger partial charge in [-0.2, -0.15) is 5.10 Å². The molecule has 0 amide bonds. The maximum Gasteiger partial charge on any atom is 0.212 e. The number of hydrogen-bond donors (Lipinski definition) is 0. The third-order valence-electron chi connectivity index (χ3n) is 3.12. The topological polar surface area (TPSA) is 30.2 Å². The molecule has 27 heavy (non-hydrogen) atoms. The van der Waals surface area contributed by atoms with Crippen LogP contribution in [0, 0.1) is 13.8 Å². The van der Waals surface area contributed by atoms with Gasteiger partial charge in [0.05, 0.1) is 5.69 Å². The number of rotatable bonds is 4. The third kappa shape index (κ3) is 9.18. The summed E-state index contributed by atoms with van der Waals surface area (Å²) in [5, 5.41) is 4.43. The van der Waals surface area contributed by atoms with E-state index in [0.29, 0.717) is 5.92 Å². The number of thiazole rings is 1. The number of aromatic nitrogens is 3. The fourth-order valence-electron chi connectivity index (χ4n) is 2.18. The number of nitrogens with zero attached hydrogens (tertiary/aromatic N) is 3. The van der Waals surface area contributed by atoms with Crippen molar-refractivity contribution in [2.75, 3.05) is 0 Å². The number of allylic oxidation sites excluding steroid dienone is 5. The zero-order valence-corrected chi connectivity index (χ0v) is 20.7. The van der Waals surface area contributed by atoms with E-state index in [0.717, 1.165) is 10.8 Å². The summed E-state index contributed by atoms with van der Waals surface area (Å²) in [7, 11) is 0. The highest BCUT2D eigenvalue weighted by Gasteiger charge is 2.18. The van der Waals surface area contributed by atoms with E-state index < -0.39 is 0 Å². The Bertz CT molecular complexity index is 661. The maximum absolute atomic E-state index is 4.44. The number of hydrogen-bond acceptors (Lipinski definition) is 3. The van der Waals surface area contributed by atoms with Crippen molar-refractivity contribution in [1.82, 2.24) is 14.6 Å². The molecule has 4 heteroatoms. The Kier molecular flexibility index (Phi) is 21.3. The van der Waals surface area contributed by atoms with Crippen LogP contribution in [0.5, 0.6) is 0 Å². The van der Waals surface area contributed by atoms with Crippen molar-refractivity contribution in [3.63, 3.8) is 0 Å². The van der Waals surface area contributed by atoms with E-state index in [9.17, 15) is 0 Å². The zero-order valence-electron chi connectivity index (χ0n) is 19.8. The van der Waals surface area contributed by atoms with Crippen LogP contribution in [0.15, 0.2) is 36.5 Å². The highest BCUT2D eigenvalue weighted by Crippen LogP contribution is 2.33. The molecule has 0 bridgehead atoms. The van der Waals surface area contributed by atoms with Crippen LogP contribution in [0.1, 0.15) is 91.6 Å². The normalized spacial score (nSPS) is 11.0. The highest BCUT2D eigenvalue weighted by atomic mass is 32.1. The van der Waals surface area contributed by atoms with Crippen molar-refractivity contribution in [1.29, 1.82) is 0 Å². The van der Waals surface area contributed by atoms with E-state index in [1.54, 1.807) is 11.3 Å². The molecule has 0 radical (unpaired) electrons. The molecule has 2 heterocycles. The summed E-state index contributed by atoms with van der Waals surface area (Å²) in [5.74, 6) is 1.15. The molecule has 1 unspecified atom stereocenters. The van der Waals surface area contributed by atoms with Gasteiger partial charge in [0.1, 0.15) is 5.82 Å². The van der Waals surface area contributed by atoms with Crippen LogP contribution in [0.3, 0.4) is 0 Å². The van der Waals surface area contributed by atoms with Crippen molar-refractivity contribution < 1.29 is 0 Å². The standard InChI is InChI=1S/C15H19N3S.4C2H6/c1-6-8-13(9-7-2)10(3)14-11(4)18-15(19-14)16-12(5)17-18;4*1-2/h6-10H,1H2,2-5H3;4*1-2H3/b9-7-,13-8+;;;;. The van der Waals surface area contributed by atoms with Crippen LogP contribution in [0.2, 0.25) is 0 Å². The van der Waals surface area contributed by atoms with Crippen LogP contribution in [0.25, 0.3) is 4.96 Å². The van der Waals surface area contributed by atoms with Crippen LogP contribution in [0.4, 0.5) is 0 Å². The maximum atomic E-state index is 4.44. The number of fused-ring (bicyclic) bond motifs is 1. The van der Waals surface area contributed by atoms with Gasteiger partial charge >= 0.3 is 0 Å². The first-order valence-electron chi connectivity index (χ1n) is 10.4. The molecule has 0 aliphatic rings. The van der Waals surface area contributed by atoms with Crippen LogP contribution in [-0.4, -0.2) is 14.6 Å². The van der Waals surface area contributed by atoms with Gasteiger partial charge in [0.15, 0.2) is 0 Å². The molecule has 0 saturated heterocycles. The Hall–Kier alpha value is -1.68. The first-order valence-corrected chi connectivity index (χ1v) is 11.2. The van der Waals surface area contributed by atoms with Crippen LogP contribution in [-0.2, 0) is 0 Å². The molecule has 0 aliphatic heterocycles. The van der Waals surface area contributed by atoms with Gasteiger partial charge in [-0.05, 0) is 26.3 Å². The fraction of sp³-hybridized carbons (Fsp3) is 0.565. The second-order valence-electron chi connectivity index (χ2n) is 4.53. The predicted molar refractivity (Wildman–Crippen MR) is 127 cm³/mol. The molecule has 0 aromatic carbocycles. The quantitative estimate of drug-likeness (QED) is 0.489. The molecular formula is C23H43N3S. The molecule has 3 nitrogen and oxygen atoms in total. The Morgan fingerprint density at radius 1 is 1.04 bits per heavy atom. The second-order valence-corrected chi connectivity index (χ2v) is 5.54. The lowest BCUT2D eigenvalue weighted by atomic mass is 9.97. The van der Waals surface area contributed by atoms with E-state index in [1.165, 1.54) is 16.1 Å². The molecule has 0 saturated carbocycles. The average molecular weight is 394 g/mol. The van der Waals surface area contributed by atoms with Crippen LogP contribution < -0.4 is 0 Å². The summed E-state index contributed by atoms with van der Waals surface area (Å²) in [6.07, 6.45) is 8.09. The smallest absolute Gasteiger partial charge is 0.208 e. The Morgan fingerprint density at radius 2 is 1.56 bits per heavy atom. The average Bonchev–Trinajstić information content (AvgIpc) is 3.24. The van der Waals surface area contributed by atoms with Crippen LogP contribution >= 0.6 is 11.3 Å². The first-order chi connectivity index (χ1) is 13.1. The van der Waals surface area contributed by atoms with Crippen molar-refractivity contribution >= 4 is 16.3 Å². The molecule has 1 atom stereocenters. The fourth-order valence-corrected chi connectivity index (χ4v) is 3.37. The third-order valence-corrected chi connectivity index (χ3v) is 4.44. The largest absolute Gasteiger partial charge is 0.212 e. The summed E-state index contributed by atoms with van der Waals surface area (Å²) in [6, 6.07) is 0. The van der Waals surface area contributed by atoms with Crippen molar-refractivity contribution in [2.24, 2.45) is 0 Å². The monoisotopic (exact) mass is 393 g/mol. The second kappa shape index (κ2) is 19.1. The van der Waals surface area contributed by atoms with Gasteiger partial charge in [-0.15, -0.1) is 0 Å². The summed E-state index contributed by atoms with van der Waals surface area (Å²) < 4.78 is 1.94. The Balaban J connectivity index is -0.000000638. The highest BCUT2D eigenvalue weighted by molar-refractivity contribution is 7.17.